The monoisotopic (exact) mass is 377 g/mol. The number of rotatable bonds is 4. The van der Waals surface area contributed by atoms with Crippen LogP contribution in [-0.4, -0.2) is 57.3 Å². The molecule has 1 aliphatic rings. The zero-order chi connectivity index (χ0) is 18.8. The molecule has 1 aliphatic heterocycles. The van der Waals surface area contributed by atoms with Gasteiger partial charge in [0.05, 0.1) is 10.7 Å². The van der Waals surface area contributed by atoms with Crippen LogP contribution < -0.4 is 5.32 Å². The van der Waals surface area contributed by atoms with Crippen molar-refractivity contribution >= 4 is 29.5 Å². The summed E-state index contributed by atoms with van der Waals surface area (Å²) in [5.74, 6) is -1.07. The summed E-state index contributed by atoms with van der Waals surface area (Å²) in [6.07, 6.45) is 0. The summed E-state index contributed by atoms with van der Waals surface area (Å²) in [6, 6.07) is 4.49. The Kier molecular flexibility index (Phi) is 4.90. The van der Waals surface area contributed by atoms with Crippen molar-refractivity contribution in [1.29, 1.82) is 0 Å². The second-order valence-electron chi connectivity index (χ2n) is 5.69. The minimum absolute atomic E-state index is 0.0895. The van der Waals surface area contributed by atoms with Crippen LogP contribution in [0.5, 0.6) is 0 Å². The van der Waals surface area contributed by atoms with E-state index in [1.807, 2.05) is 19.9 Å². The van der Waals surface area contributed by atoms with Gasteiger partial charge in [0, 0.05) is 18.8 Å². The first-order valence-electron chi connectivity index (χ1n) is 7.82. The summed E-state index contributed by atoms with van der Waals surface area (Å²) < 4.78 is 6.54. The van der Waals surface area contributed by atoms with Crippen LogP contribution in [0.3, 0.4) is 0 Å². The number of pyridine rings is 1. The second-order valence-corrected chi connectivity index (χ2v) is 6.10. The molecule has 2 aromatic rings. The number of aromatic nitrogens is 3. The lowest BCUT2D eigenvalue weighted by Gasteiger charge is -2.12. The Morgan fingerprint density at radius 3 is 2.73 bits per heavy atom. The van der Waals surface area contributed by atoms with Crippen molar-refractivity contribution in [2.45, 2.75) is 13.8 Å². The Bertz CT molecular complexity index is 895. The minimum atomic E-state index is -0.855. The van der Waals surface area contributed by atoms with E-state index >= 15 is 0 Å². The van der Waals surface area contributed by atoms with Crippen LogP contribution in [0.2, 0.25) is 5.02 Å². The maximum Gasteiger partial charge on any atom is 0.359 e. The Hall–Kier alpha value is -2.94. The molecule has 3 rings (SSSR count). The van der Waals surface area contributed by atoms with Gasteiger partial charge in [0.1, 0.15) is 0 Å². The van der Waals surface area contributed by atoms with Crippen molar-refractivity contribution in [3.05, 3.63) is 40.3 Å². The summed E-state index contributed by atoms with van der Waals surface area (Å²) >= 11 is 6.04. The van der Waals surface area contributed by atoms with E-state index in [9.17, 15) is 14.4 Å². The molecule has 136 valence electrons. The maximum atomic E-state index is 12.3. The third-order valence-corrected chi connectivity index (χ3v) is 4.04. The van der Waals surface area contributed by atoms with Gasteiger partial charge >= 0.3 is 12.0 Å². The second kappa shape index (κ2) is 7.12. The molecule has 1 N–H and O–H groups in total. The molecule has 3 amide bonds. The van der Waals surface area contributed by atoms with E-state index in [-0.39, 0.29) is 17.3 Å². The Morgan fingerprint density at radius 1 is 1.35 bits per heavy atom. The van der Waals surface area contributed by atoms with Gasteiger partial charge < -0.3 is 10.1 Å². The summed E-state index contributed by atoms with van der Waals surface area (Å²) in [6.45, 7) is 3.73. The third kappa shape index (κ3) is 3.52. The van der Waals surface area contributed by atoms with E-state index < -0.39 is 24.5 Å². The van der Waals surface area contributed by atoms with Crippen molar-refractivity contribution in [2.24, 2.45) is 0 Å². The highest BCUT2D eigenvalue weighted by Gasteiger charge is 2.27. The number of amides is 3. The van der Waals surface area contributed by atoms with Crippen molar-refractivity contribution in [1.82, 2.24) is 25.0 Å². The number of hydrogen-bond donors (Lipinski definition) is 1. The van der Waals surface area contributed by atoms with E-state index in [4.69, 9.17) is 16.3 Å². The van der Waals surface area contributed by atoms with E-state index in [1.54, 1.807) is 10.7 Å². The standard InChI is InChI=1S/C16H16ClN5O4/c1-9-7-10(2)22(20-9)12-4-3-11(17)14(19-12)15(24)26-8-13(23)21-6-5-18-16(21)25/h3-4,7H,5-6,8H2,1-2H3,(H,18,25). The number of carbonyl (C=O) groups excluding carboxylic acids is 3. The quantitative estimate of drug-likeness (QED) is 0.803. The fraction of sp³-hybridized carbons (Fsp3) is 0.312. The summed E-state index contributed by atoms with van der Waals surface area (Å²) in [4.78, 5) is 40.8. The number of nitrogens with one attached hydrogen (secondary N) is 1. The lowest BCUT2D eigenvalue weighted by atomic mass is 10.3. The summed E-state index contributed by atoms with van der Waals surface area (Å²) in [5, 5.41) is 6.88. The topological polar surface area (TPSA) is 106 Å². The molecule has 3 heterocycles. The van der Waals surface area contributed by atoms with Gasteiger partial charge in [0.2, 0.25) is 0 Å². The molecule has 1 saturated heterocycles. The number of aryl methyl sites for hydroxylation is 2. The summed E-state index contributed by atoms with van der Waals surface area (Å²) in [7, 11) is 0. The summed E-state index contributed by atoms with van der Waals surface area (Å²) in [5.41, 5.74) is 1.51. The molecule has 0 radical (unpaired) electrons. The first kappa shape index (κ1) is 17.9. The zero-order valence-corrected chi connectivity index (χ0v) is 14.9. The van der Waals surface area contributed by atoms with Crippen molar-refractivity contribution in [3.8, 4) is 5.82 Å². The molecule has 0 saturated carbocycles. The van der Waals surface area contributed by atoms with Crippen LogP contribution in [0.25, 0.3) is 5.82 Å². The van der Waals surface area contributed by atoms with Gasteiger partial charge in [-0.1, -0.05) is 11.6 Å². The van der Waals surface area contributed by atoms with Gasteiger partial charge in [0.15, 0.2) is 18.1 Å². The molecule has 10 heteroatoms. The Labute approximate surface area is 153 Å². The number of halogens is 1. The van der Waals surface area contributed by atoms with Crippen LogP contribution in [-0.2, 0) is 9.53 Å². The average molecular weight is 378 g/mol. The maximum absolute atomic E-state index is 12.3. The molecule has 0 atom stereocenters. The largest absolute Gasteiger partial charge is 0.451 e. The molecule has 0 bridgehead atoms. The Morgan fingerprint density at radius 2 is 2.12 bits per heavy atom. The fourth-order valence-electron chi connectivity index (χ4n) is 2.54. The lowest BCUT2D eigenvalue weighted by Crippen LogP contribution is -2.37. The predicted octanol–water partition coefficient (Wildman–Crippen LogP) is 1.25. The number of urea groups is 1. The first-order chi connectivity index (χ1) is 12.4. The number of ether oxygens (including phenoxy) is 1. The zero-order valence-electron chi connectivity index (χ0n) is 14.2. The third-order valence-electron chi connectivity index (χ3n) is 3.74. The lowest BCUT2D eigenvalue weighted by molar-refractivity contribution is -0.130. The van der Waals surface area contributed by atoms with E-state index in [0.717, 1.165) is 16.3 Å². The molecule has 0 unspecified atom stereocenters. The first-order valence-corrected chi connectivity index (χ1v) is 8.20. The molecule has 0 aromatic carbocycles. The van der Waals surface area contributed by atoms with Crippen molar-refractivity contribution in [2.75, 3.05) is 19.7 Å². The number of carbonyl (C=O) groups is 3. The van der Waals surface area contributed by atoms with Gasteiger partial charge in [-0.15, -0.1) is 0 Å². The highest BCUT2D eigenvalue weighted by Crippen LogP contribution is 2.18. The molecular formula is C16H16ClN5O4. The van der Waals surface area contributed by atoms with Gasteiger partial charge in [-0.25, -0.2) is 19.3 Å². The molecule has 1 fully saturated rings. The highest BCUT2D eigenvalue weighted by molar-refractivity contribution is 6.33. The fourth-order valence-corrected chi connectivity index (χ4v) is 2.72. The molecule has 9 nitrogen and oxygen atoms in total. The van der Waals surface area contributed by atoms with E-state index in [1.165, 1.54) is 6.07 Å². The normalized spacial score (nSPS) is 13.7. The van der Waals surface area contributed by atoms with E-state index in [2.05, 4.69) is 15.4 Å². The molecule has 26 heavy (non-hydrogen) atoms. The van der Waals surface area contributed by atoms with E-state index in [0.29, 0.717) is 12.4 Å². The van der Waals surface area contributed by atoms with Crippen LogP contribution in [0, 0.1) is 13.8 Å². The van der Waals surface area contributed by atoms with Gasteiger partial charge in [-0.2, -0.15) is 5.10 Å². The van der Waals surface area contributed by atoms with Gasteiger partial charge in [0.25, 0.3) is 5.91 Å². The van der Waals surface area contributed by atoms with Crippen molar-refractivity contribution < 1.29 is 19.1 Å². The number of esters is 1. The number of imide groups is 1. The molecule has 0 spiro atoms. The van der Waals surface area contributed by atoms with Crippen LogP contribution in [0.4, 0.5) is 4.79 Å². The molecular weight excluding hydrogens is 362 g/mol. The van der Waals surface area contributed by atoms with Crippen LogP contribution in [0.1, 0.15) is 21.9 Å². The van der Waals surface area contributed by atoms with Gasteiger partial charge in [-0.05, 0) is 32.0 Å². The van der Waals surface area contributed by atoms with Crippen molar-refractivity contribution in [3.63, 3.8) is 0 Å². The smallest absolute Gasteiger partial charge is 0.359 e. The van der Waals surface area contributed by atoms with Crippen LogP contribution >= 0.6 is 11.6 Å². The SMILES string of the molecule is Cc1cc(C)n(-c2ccc(Cl)c(C(=O)OCC(=O)N3CCNC3=O)n2)n1. The molecule has 0 aliphatic carbocycles. The minimum Gasteiger partial charge on any atom is -0.451 e. The van der Waals surface area contributed by atoms with Gasteiger partial charge in [-0.3, -0.25) is 9.69 Å². The average Bonchev–Trinajstić information content (AvgIpc) is 3.17. The number of nitrogens with zero attached hydrogens (tertiary/aromatic N) is 4. The number of hydrogen-bond acceptors (Lipinski definition) is 6. The van der Waals surface area contributed by atoms with Crippen LogP contribution in [0.15, 0.2) is 18.2 Å². The predicted molar refractivity (Wildman–Crippen MR) is 91.2 cm³/mol. The Balaban J connectivity index is 1.74. The molecule has 2 aromatic heterocycles. The highest BCUT2D eigenvalue weighted by atomic mass is 35.5.